The zero-order chi connectivity index (χ0) is 15.0. The summed E-state index contributed by atoms with van der Waals surface area (Å²) in [4.78, 5) is 15.6. The summed E-state index contributed by atoms with van der Waals surface area (Å²) in [6, 6.07) is 13.3. The lowest BCUT2D eigenvalue weighted by atomic mass is 10.0. The van der Waals surface area contributed by atoms with Crippen molar-refractivity contribution in [2.45, 2.75) is 13.3 Å². The molecule has 3 aromatic rings. The van der Waals surface area contributed by atoms with E-state index in [9.17, 15) is 4.79 Å². The third kappa shape index (κ3) is 2.40. The highest BCUT2D eigenvalue weighted by Crippen LogP contribution is 2.19. The molecule has 1 N–H and O–H groups in total. The van der Waals surface area contributed by atoms with Crippen molar-refractivity contribution in [2.75, 3.05) is 0 Å². The number of rotatable bonds is 3. The summed E-state index contributed by atoms with van der Waals surface area (Å²) in [6.45, 7) is 1.93. The molecule has 0 bridgehead atoms. The zero-order valence-corrected chi connectivity index (χ0v) is 12.0. The summed E-state index contributed by atoms with van der Waals surface area (Å²) in [6.07, 6.45) is 0.691. The summed E-state index contributed by atoms with van der Waals surface area (Å²) >= 11 is 0. The molecule has 1 heterocycles. The van der Waals surface area contributed by atoms with Gasteiger partial charge in [0.05, 0.1) is 16.6 Å². The maximum atomic E-state index is 11.0. The lowest BCUT2D eigenvalue weighted by Gasteiger charge is -2.07. The molecular weight excluding hydrogens is 264 g/mol. The maximum Gasteiger partial charge on any atom is 0.335 e. The van der Waals surface area contributed by atoms with E-state index in [-0.39, 0.29) is 0 Å². The standard InChI is InChI=1S/C17H16N2O2/c1-11-9-13(17(20)21)8-7-12(11)10-16-18-14-5-3-4-6-15(14)19(16)2/h3-9H,10H2,1-2H3,(H,20,21). The smallest absolute Gasteiger partial charge is 0.335 e. The van der Waals surface area contributed by atoms with E-state index in [0.29, 0.717) is 12.0 Å². The number of hydrogen-bond acceptors (Lipinski definition) is 2. The van der Waals surface area contributed by atoms with Gasteiger partial charge in [0.1, 0.15) is 5.82 Å². The number of carboxylic acid groups (broad SMARTS) is 1. The average Bonchev–Trinajstić information content (AvgIpc) is 2.78. The largest absolute Gasteiger partial charge is 0.478 e. The first-order chi connectivity index (χ1) is 10.1. The van der Waals surface area contributed by atoms with Crippen molar-refractivity contribution >= 4 is 17.0 Å². The second kappa shape index (κ2) is 5.05. The lowest BCUT2D eigenvalue weighted by Crippen LogP contribution is -2.03. The Hall–Kier alpha value is -2.62. The van der Waals surface area contributed by atoms with Crippen molar-refractivity contribution in [1.82, 2.24) is 9.55 Å². The van der Waals surface area contributed by atoms with Crippen LogP contribution in [0, 0.1) is 6.92 Å². The molecule has 0 aliphatic rings. The third-order valence-corrected chi connectivity index (χ3v) is 3.82. The van der Waals surface area contributed by atoms with Crippen LogP contribution in [0.25, 0.3) is 11.0 Å². The number of aromatic carboxylic acids is 1. The van der Waals surface area contributed by atoms with Gasteiger partial charge in [-0.2, -0.15) is 0 Å². The molecule has 0 atom stereocenters. The molecule has 0 fully saturated rings. The minimum atomic E-state index is -0.896. The number of imidazole rings is 1. The Morgan fingerprint density at radius 1 is 1.24 bits per heavy atom. The molecule has 0 radical (unpaired) electrons. The summed E-state index contributed by atoms with van der Waals surface area (Å²) in [5.41, 5.74) is 4.48. The van der Waals surface area contributed by atoms with Gasteiger partial charge in [-0.05, 0) is 42.3 Å². The molecule has 2 aromatic carbocycles. The van der Waals surface area contributed by atoms with E-state index in [0.717, 1.165) is 28.0 Å². The SMILES string of the molecule is Cc1cc(C(=O)O)ccc1Cc1nc2ccccc2n1C. The predicted octanol–water partition coefficient (Wildman–Crippen LogP) is 3.17. The van der Waals surface area contributed by atoms with E-state index in [4.69, 9.17) is 5.11 Å². The van der Waals surface area contributed by atoms with Gasteiger partial charge in [0.25, 0.3) is 0 Å². The van der Waals surface area contributed by atoms with Crippen molar-refractivity contribution in [3.8, 4) is 0 Å². The van der Waals surface area contributed by atoms with Crippen molar-refractivity contribution in [1.29, 1.82) is 0 Å². The van der Waals surface area contributed by atoms with E-state index >= 15 is 0 Å². The van der Waals surface area contributed by atoms with Gasteiger partial charge < -0.3 is 9.67 Å². The van der Waals surface area contributed by atoms with E-state index in [1.807, 2.05) is 44.3 Å². The number of fused-ring (bicyclic) bond motifs is 1. The maximum absolute atomic E-state index is 11.0. The fraction of sp³-hybridized carbons (Fsp3) is 0.176. The number of carbonyl (C=O) groups is 1. The van der Waals surface area contributed by atoms with E-state index in [2.05, 4.69) is 9.55 Å². The van der Waals surface area contributed by atoms with Crippen LogP contribution in [0.15, 0.2) is 42.5 Å². The minimum Gasteiger partial charge on any atom is -0.478 e. The fourth-order valence-electron chi connectivity index (χ4n) is 2.55. The van der Waals surface area contributed by atoms with Crippen molar-refractivity contribution in [2.24, 2.45) is 7.05 Å². The molecular formula is C17H16N2O2. The Labute approximate surface area is 122 Å². The van der Waals surface area contributed by atoms with Crippen LogP contribution in [0.4, 0.5) is 0 Å². The Kier molecular flexibility index (Phi) is 3.22. The Morgan fingerprint density at radius 2 is 2.00 bits per heavy atom. The molecule has 0 saturated heterocycles. The summed E-state index contributed by atoms with van der Waals surface area (Å²) in [7, 11) is 2.01. The minimum absolute atomic E-state index is 0.321. The van der Waals surface area contributed by atoms with Gasteiger partial charge in [-0.3, -0.25) is 0 Å². The summed E-state index contributed by atoms with van der Waals surface area (Å²) in [5, 5.41) is 9.01. The van der Waals surface area contributed by atoms with Crippen LogP contribution in [0.3, 0.4) is 0 Å². The number of aromatic nitrogens is 2. The number of benzene rings is 2. The van der Waals surface area contributed by atoms with Gasteiger partial charge in [0.2, 0.25) is 0 Å². The molecule has 0 saturated carbocycles. The molecule has 0 aliphatic heterocycles. The quantitative estimate of drug-likeness (QED) is 0.801. The Bertz CT molecular complexity index is 834. The summed E-state index contributed by atoms with van der Waals surface area (Å²) in [5.74, 6) is 0.0785. The van der Waals surface area contributed by atoms with Crippen LogP contribution in [0.2, 0.25) is 0 Å². The first-order valence-electron chi connectivity index (χ1n) is 6.79. The van der Waals surface area contributed by atoms with E-state index in [1.54, 1.807) is 12.1 Å². The number of aryl methyl sites for hydroxylation is 2. The molecule has 1 aromatic heterocycles. The number of hydrogen-bond donors (Lipinski definition) is 1. The highest BCUT2D eigenvalue weighted by Gasteiger charge is 2.11. The molecule has 0 spiro atoms. The zero-order valence-electron chi connectivity index (χ0n) is 12.0. The second-order valence-corrected chi connectivity index (χ2v) is 5.20. The van der Waals surface area contributed by atoms with Crippen molar-refractivity contribution in [3.05, 3.63) is 65.0 Å². The van der Waals surface area contributed by atoms with Gasteiger partial charge in [-0.15, -0.1) is 0 Å². The van der Waals surface area contributed by atoms with Crippen molar-refractivity contribution < 1.29 is 9.90 Å². The first-order valence-corrected chi connectivity index (χ1v) is 6.79. The Morgan fingerprint density at radius 3 is 2.67 bits per heavy atom. The van der Waals surface area contributed by atoms with Crippen LogP contribution < -0.4 is 0 Å². The number of para-hydroxylation sites is 2. The molecule has 106 valence electrons. The number of carboxylic acids is 1. The highest BCUT2D eigenvalue weighted by molar-refractivity contribution is 5.87. The van der Waals surface area contributed by atoms with Crippen LogP contribution >= 0.6 is 0 Å². The van der Waals surface area contributed by atoms with Gasteiger partial charge >= 0.3 is 5.97 Å². The van der Waals surface area contributed by atoms with Crippen LogP contribution in [-0.2, 0) is 13.5 Å². The molecule has 4 nitrogen and oxygen atoms in total. The second-order valence-electron chi connectivity index (χ2n) is 5.20. The molecule has 0 amide bonds. The normalized spacial score (nSPS) is 11.0. The van der Waals surface area contributed by atoms with Gasteiger partial charge in [0, 0.05) is 13.5 Å². The number of nitrogens with zero attached hydrogens (tertiary/aromatic N) is 2. The molecule has 0 unspecified atom stereocenters. The average molecular weight is 280 g/mol. The van der Waals surface area contributed by atoms with Gasteiger partial charge in [-0.25, -0.2) is 9.78 Å². The van der Waals surface area contributed by atoms with Crippen molar-refractivity contribution in [3.63, 3.8) is 0 Å². The Balaban J connectivity index is 1.99. The summed E-state index contributed by atoms with van der Waals surface area (Å²) < 4.78 is 2.08. The monoisotopic (exact) mass is 280 g/mol. The predicted molar refractivity (Wildman–Crippen MR) is 81.7 cm³/mol. The molecule has 3 rings (SSSR count). The van der Waals surface area contributed by atoms with Gasteiger partial charge in [-0.1, -0.05) is 18.2 Å². The van der Waals surface area contributed by atoms with E-state index < -0.39 is 5.97 Å². The first kappa shape index (κ1) is 13.4. The van der Waals surface area contributed by atoms with Crippen LogP contribution in [-0.4, -0.2) is 20.6 Å². The lowest BCUT2D eigenvalue weighted by molar-refractivity contribution is 0.0697. The third-order valence-electron chi connectivity index (χ3n) is 3.82. The van der Waals surface area contributed by atoms with E-state index in [1.165, 1.54) is 0 Å². The highest BCUT2D eigenvalue weighted by atomic mass is 16.4. The fourth-order valence-corrected chi connectivity index (χ4v) is 2.55. The topological polar surface area (TPSA) is 55.1 Å². The van der Waals surface area contributed by atoms with Gasteiger partial charge in [0.15, 0.2) is 0 Å². The molecule has 4 heteroatoms. The van der Waals surface area contributed by atoms with Crippen LogP contribution in [0.1, 0.15) is 27.3 Å². The van der Waals surface area contributed by atoms with Crippen LogP contribution in [0.5, 0.6) is 0 Å². The molecule has 0 aliphatic carbocycles. The molecule has 21 heavy (non-hydrogen) atoms.